The summed E-state index contributed by atoms with van der Waals surface area (Å²) in [7, 11) is 0. The van der Waals surface area contributed by atoms with Crippen molar-refractivity contribution in [3.8, 4) is 0 Å². The van der Waals surface area contributed by atoms with Crippen LogP contribution in [0.1, 0.15) is 0 Å². The minimum Gasteiger partial charge on any atom is -0.476 e. The average Bonchev–Trinajstić information content (AvgIpc) is 2.45. The number of benzene rings is 2. The molecule has 110 valence electrons. The van der Waals surface area contributed by atoms with Gasteiger partial charge in [-0.3, -0.25) is 5.84 Å². The summed E-state index contributed by atoms with van der Waals surface area (Å²) in [6, 6.07) is 11.3. The Kier molecular flexibility index (Phi) is 4.52. The summed E-state index contributed by atoms with van der Waals surface area (Å²) in [5, 5.41) is 14.6. The number of hydrogen-bond donors (Lipinski definition) is 5. The smallest absolute Gasteiger partial charge is 0.355 e. The fraction of sp³-hybridized carbons (Fsp3) is 0.0714. The van der Waals surface area contributed by atoms with Crippen LogP contribution >= 0.6 is 11.6 Å². The average molecular weight is 307 g/mol. The van der Waals surface area contributed by atoms with Gasteiger partial charge in [0.15, 0.2) is 5.70 Å². The second kappa shape index (κ2) is 6.34. The molecule has 0 aliphatic rings. The lowest BCUT2D eigenvalue weighted by molar-refractivity contribution is -0.133. The van der Waals surface area contributed by atoms with Crippen LogP contribution in [0, 0.1) is 0 Å². The van der Waals surface area contributed by atoms with Gasteiger partial charge in [-0.05, 0) is 35.0 Å². The van der Waals surface area contributed by atoms with Gasteiger partial charge in [0.25, 0.3) is 0 Å². The van der Waals surface area contributed by atoms with E-state index in [1.165, 1.54) is 0 Å². The summed E-state index contributed by atoms with van der Waals surface area (Å²) >= 11 is 5.93. The number of carboxylic acid groups (broad SMARTS) is 1. The van der Waals surface area contributed by atoms with E-state index in [0.717, 1.165) is 16.5 Å². The van der Waals surface area contributed by atoms with Crippen LogP contribution in [0.5, 0.6) is 0 Å². The summed E-state index contributed by atoms with van der Waals surface area (Å²) in [5.41, 5.74) is 8.46. The topological polar surface area (TPSA) is 113 Å². The quantitative estimate of drug-likeness (QED) is 0.326. The van der Waals surface area contributed by atoms with Crippen molar-refractivity contribution in [1.82, 2.24) is 5.43 Å². The van der Waals surface area contributed by atoms with E-state index in [2.05, 4.69) is 10.7 Å². The van der Waals surface area contributed by atoms with Gasteiger partial charge in [-0.15, -0.1) is 0 Å². The normalized spacial score (nSPS) is 11.9. The molecule has 0 unspecified atom stereocenters. The zero-order chi connectivity index (χ0) is 15.4. The van der Waals surface area contributed by atoms with E-state index in [0.29, 0.717) is 5.02 Å². The van der Waals surface area contributed by atoms with E-state index in [1.807, 2.05) is 36.4 Å². The second-order valence-electron chi connectivity index (χ2n) is 4.41. The molecule has 0 saturated carbocycles. The summed E-state index contributed by atoms with van der Waals surface area (Å²) in [4.78, 5) is 10.9. The second-order valence-corrected chi connectivity index (χ2v) is 4.85. The van der Waals surface area contributed by atoms with Crippen molar-refractivity contribution in [3.63, 3.8) is 0 Å². The standard InChI is InChI=1S/C14H15ClN4O2/c15-10-3-1-9-6-11(4-2-8(9)5-10)18-7-12(16)13(19-17)14(20)21/h1-6,18-19H,7,16-17H2,(H,20,21)/b13-12-. The van der Waals surface area contributed by atoms with Crippen LogP contribution < -0.4 is 22.3 Å². The summed E-state index contributed by atoms with van der Waals surface area (Å²) in [6.45, 7) is 0.158. The Labute approximate surface area is 126 Å². The molecular weight excluding hydrogens is 292 g/mol. The molecule has 21 heavy (non-hydrogen) atoms. The molecule has 0 bridgehead atoms. The number of nitrogens with one attached hydrogen (secondary N) is 2. The van der Waals surface area contributed by atoms with E-state index in [9.17, 15) is 4.79 Å². The molecule has 0 amide bonds. The van der Waals surface area contributed by atoms with E-state index >= 15 is 0 Å². The number of halogens is 1. The summed E-state index contributed by atoms with van der Waals surface area (Å²) in [5.74, 6) is 3.92. The highest BCUT2D eigenvalue weighted by atomic mass is 35.5. The molecule has 0 atom stereocenters. The van der Waals surface area contributed by atoms with Gasteiger partial charge in [0, 0.05) is 10.7 Å². The number of rotatable bonds is 5. The van der Waals surface area contributed by atoms with E-state index < -0.39 is 5.97 Å². The maximum Gasteiger partial charge on any atom is 0.355 e. The van der Waals surface area contributed by atoms with Crippen molar-refractivity contribution in [2.45, 2.75) is 0 Å². The van der Waals surface area contributed by atoms with Gasteiger partial charge in [0.1, 0.15) is 0 Å². The zero-order valence-electron chi connectivity index (χ0n) is 11.1. The van der Waals surface area contributed by atoms with Crippen LogP contribution in [0.4, 0.5) is 5.69 Å². The molecule has 0 spiro atoms. The predicted molar refractivity (Wildman–Crippen MR) is 83.6 cm³/mol. The van der Waals surface area contributed by atoms with Crippen LogP contribution in [-0.2, 0) is 4.79 Å². The van der Waals surface area contributed by atoms with Crippen LogP contribution in [0.25, 0.3) is 10.8 Å². The summed E-state index contributed by atoms with van der Waals surface area (Å²) in [6.07, 6.45) is 0. The molecule has 6 nitrogen and oxygen atoms in total. The Morgan fingerprint density at radius 1 is 1.19 bits per heavy atom. The van der Waals surface area contributed by atoms with Crippen LogP contribution in [0.2, 0.25) is 5.02 Å². The third kappa shape index (κ3) is 3.56. The number of hydrogen-bond acceptors (Lipinski definition) is 5. The first-order valence-electron chi connectivity index (χ1n) is 6.13. The molecule has 0 aliphatic carbocycles. The first-order chi connectivity index (χ1) is 10.0. The molecular formula is C14H15ClN4O2. The van der Waals surface area contributed by atoms with Gasteiger partial charge in [0.05, 0.1) is 12.2 Å². The van der Waals surface area contributed by atoms with Gasteiger partial charge in [-0.25, -0.2) is 4.79 Å². The van der Waals surface area contributed by atoms with Gasteiger partial charge in [0.2, 0.25) is 0 Å². The van der Waals surface area contributed by atoms with Crippen LogP contribution in [0.3, 0.4) is 0 Å². The number of carboxylic acids is 1. The van der Waals surface area contributed by atoms with Crippen molar-refractivity contribution in [1.29, 1.82) is 0 Å². The lowest BCUT2D eigenvalue weighted by atomic mass is 10.1. The SMILES string of the molecule is NN/C(C(=O)O)=C(\N)CNc1ccc2cc(Cl)ccc2c1. The Hall–Kier alpha value is -2.44. The Balaban J connectivity index is 2.17. The highest BCUT2D eigenvalue weighted by Crippen LogP contribution is 2.22. The highest BCUT2D eigenvalue weighted by molar-refractivity contribution is 6.31. The molecule has 0 heterocycles. The first kappa shape index (κ1) is 15.0. The lowest BCUT2D eigenvalue weighted by Crippen LogP contribution is -2.32. The Morgan fingerprint density at radius 3 is 2.52 bits per heavy atom. The third-order valence-electron chi connectivity index (χ3n) is 2.96. The van der Waals surface area contributed by atoms with Gasteiger partial charge < -0.3 is 21.6 Å². The largest absolute Gasteiger partial charge is 0.476 e. The number of nitrogens with two attached hydrogens (primary N) is 2. The van der Waals surface area contributed by atoms with E-state index in [-0.39, 0.29) is 17.9 Å². The fourth-order valence-corrected chi connectivity index (χ4v) is 2.08. The van der Waals surface area contributed by atoms with Crippen molar-refractivity contribution in [3.05, 3.63) is 52.8 Å². The van der Waals surface area contributed by atoms with Gasteiger partial charge >= 0.3 is 5.97 Å². The van der Waals surface area contributed by atoms with Gasteiger partial charge in [-0.2, -0.15) is 0 Å². The molecule has 2 aromatic rings. The lowest BCUT2D eigenvalue weighted by Gasteiger charge is -2.10. The molecule has 0 fully saturated rings. The van der Waals surface area contributed by atoms with E-state index in [4.69, 9.17) is 28.3 Å². The van der Waals surface area contributed by atoms with E-state index in [1.54, 1.807) is 0 Å². The molecule has 7 N–H and O–H groups in total. The highest BCUT2D eigenvalue weighted by Gasteiger charge is 2.10. The predicted octanol–water partition coefficient (Wildman–Crippen LogP) is 1.62. The number of carbonyl (C=O) groups is 1. The first-order valence-corrected chi connectivity index (χ1v) is 6.51. The Bertz CT molecular complexity index is 715. The Morgan fingerprint density at radius 2 is 1.86 bits per heavy atom. The van der Waals surface area contributed by atoms with Crippen molar-refractivity contribution in [2.24, 2.45) is 11.6 Å². The number of anilines is 1. The fourth-order valence-electron chi connectivity index (χ4n) is 1.90. The molecule has 2 aromatic carbocycles. The monoisotopic (exact) mass is 306 g/mol. The number of hydrazine groups is 1. The number of aliphatic carboxylic acids is 1. The molecule has 0 saturated heterocycles. The summed E-state index contributed by atoms with van der Waals surface area (Å²) < 4.78 is 0. The van der Waals surface area contributed by atoms with Crippen molar-refractivity contribution < 1.29 is 9.90 Å². The molecule has 0 aliphatic heterocycles. The van der Waals surface area contributed by atoms with Crippen molar-refractivity contribution >= 4 is 34.0 Å². The molecule has 7 heteroatoms. The maximum absolute atomic E-state index is 10.9. The number of fused-ring (bicyclic) bond motifs is 1. The molecule has 0 radical (unpaired) electrons. The zero-order valence-corrected chi connectivity index (χ0v) is 11.8. The van der Waals surface area contributed by atoms with Crippen LogP contribution in [-0.4, -0.2) is 17.6 Å². The van der Waals surface area contributed by atoms with Crippen LogP contribution in [0.15, 0.2) is 47.8 Å². The van der Waals surface area contributed by atoms with Crippen molar-refractivity contribution in [2.75, 3.05) is 11.9 Å². The minimum atomic E-state index is -1.20. The molecule has 0 aromatic heterocycles. The molecule has 2 rings (SSSR count). The minimum absolute atomic E-state index is 0.112. The third-order valence-corrected chi connectivity index (χ3v) is 3.20. The maximum atomic E-state index is 10.9. The van der Waals surface area contributed by atoms with Gasteiger partial charge in [-0.1, -0.05) is 23.7 Å².